The van der Waals surface area contributed by atoms with Gasteiger partial charge in [0.1, 0.15) is 0 Å². The van der Waals surface area contributed by atoms with Crippen molar-refractivity contribution < 1.29 is 18.7 Å². The van der Waals surface area contributed by atoms with Gasteiger partial charge in [0, 0.05) is 18.3 Å². The Morgan fingerprint density at radius 3 is 2.77 bits per heavy atom. The van der Waals surface area contributed by atoms with Crippen LogP contribution in [0.2, 0.25) is 0 Å². The Balaban J connectivity index is 2.65. The number of halogens is 3. The lowest BCUT2D eigenvalue weighted by Gasteiger charge is -2.35. The van der Waals surface area contributed by atoms with Crippen molar-refractivity contribution in [1.29, 1.82) is 0 Å². The van der Waals surface area contributed by atoms with E-state index in [9.17, 15) is 13.6 Å². The number of piperidine rings is 1. The van der Waals surface area contributed by atoms with E-state index in [0.29, 0.717) is 5.33 Å². The lowest BCUT2D eigenvalue weighted by Crippen LogP contribution is -2.49. The standard InChI is InChI=1S/C7H10BrF2NO2/c8-2-5-1-7(9,10)4-11(3-5)6(12)13/h5H,1-4H2,(H,12,13)/t5-/m1/s1. The summed E-state index contributed by atoms with van der Waals surface area (Å²) in [5.74, 6) is -3.17. The molecule has 6 heteroatoms. The van der Waals surface area contributed by atoms with Crippen LogP contribution >= 0.6 is 15.9 Å². The molecule has 1 amide bonds. The highest BCUT2D eigenvalue weighted by atomic mass is 79.9. The van der Waals surface area contributed by atoms with Crippen molar-refractivity contribution in [3.8, 4) is 0 Å². The van der Waals surface area contributed by atoms with Crippen LogP contribution in [-0.2, 0) is 0 Å². The van der Waals surface area contributed by atoms with Crippen molar-refractivity contribution in [3.05, 3.63) is 0 Å². The summed E-state index contributed by atoms with van der Waals surface area (Å²) in [6.07, 6.45) is -1.51. The van der Waals surface area contributed by atoms with Crippen molar-refractivity contribution in [2.45, 2.75) is 12.3 Å². The molecule has 0 saturated carbocycles. The molecule has 13 heavy (non-hydrogen) atoms. The van der Waals surface area contributed by atoms with E-state index in [0.717, 1.165) is 4.90 Å². The largest absolute Gasteiger partial charge is 0.465 e. The third-order valence-electron chi connectivity index (χ3n) is 1.98. The summed E-state index contributed by atoms with van der Waals surface area (Å²) in [4.78, 5) is 11.3. The first-order chi connectivity index (χ1) is 5.94. The zero-order valence-electron chi connectivity index (χ0n) is 6.84. The van der Waals surface area contributed by atoms with Crippen LogP contribution in [0.3, 0.4) is 0 Å². The van der Waals surface area contributed by atoms with Crippen LogP contribution in [-0.4, -0.2) is 40.4 Å². The number of rotatable bonds is 1. The summed E-state index contributed by atoms with van der Waals surface area (Å²) in [7, 11) is 0. The minimum Gasteiger partial charge on any atom is -0.465 e. The fourth-order valence-corrected chi connectivity index (χ4v) is 1.89. The van der Waals surface area contributed by atoms with Crippen LogP contribution in [0, 0.1) is 5.92 Å². The van der Waals surface area contributed by atoms with Crippen molar-refractivity contribution in [1.82, 2.24) is 4.90 Å². The molecule has 0 unspecified atom stereocenters. The molecule has 1 aliphatic rings. The number of nitrogens with zero attached hydrogens (tertiary/aromatic N) is 1. The van der Waals surface area contributed by atoms with E-state index in [4.69, 9.17) is 5.11 Å². The monoisotopic (exact) mass is 257 g/mol. The Hall–Kier alpha value is -0.390. The van der Waals surface area contributed by atoms with Gasteiger partial charge in [-0.15, -0.1) is 0 Å². The van der Waals surface area contributed by atoms with E-state index in [1.54, 1.807) is 0 Å². The van der Waals surface area contributed by atoms with Gasteiger partial charge in [0.05, 0.1) is 6.54 Å². The Labute approximate surface area is 82.8 Å². The van der Waals surface area contributed by atoms with Gasteiger partial charge in [0.2, 0.25) is 0 Å². The number of alkyl halides is 3. The summed E-state index contributed by atoms with van der Waals surface area (Å²) >= 11 is 3.09. The van der Waals surface area contributed by atoms with E-state index < -0.39 is 18.6 Å². The third-order valence-corrected chi connectivity index (χ3v) is 2.89. The van der Waals surface area contributed by atoms with Gasteiger partial charge >= 0.3 is 6.09 Å². The topological polar surface area (TPSA) is 40.5 Å². The summed E-state index contributed by atoms with van der Waals surface area (Å²) in [5.41, 5.74) is 0. The summed E-state index contributed by atoms with van der Waals surface area (Å²) in [5, 5.41) is 8.97. The average molecular weight is 258 g/mol. The molecule has 0 aromatic carbocycles. The summed E-state index contributed by atoms with van der Waals surface area (Å²) in [6.45, 7) is -0.484. The van der Waals surface area contributed by atoms with Gasteiger partial charge in [-0.1, -0.05) is 15.9 Å². The molecule has 1 heterocycles. The smallest absolute Gasteiger partial charge is 0.407 e. The number of carboxylic acid groups (broad SMARTS) is 1. The molecule has 3 nitrogen and oxygen atoms in total. The van der Waals surface area contributed by atoms with Crippen LogP contribution in [0.4, 0.5) is 13.6 Å². The molecule has 0 bridgehead atoms. The summed E-state index contributed by atoms with van der Waals surface area (Å²) < 4.78 is 25.9. The maximum absolute atomic E-state index is 12.9. The maximum Gasteiger partial charge on any atom is 0.407 e. The van der Waals surface area contributed by atoms with Gasteiger partial charge in [-0.3, -0.25) is 0 Å². The van der Waals surface area contributed by atoms with Gasteiger partial charge in [-0.2, -0.15) is 0 Å². The molecule has 1 rings (SSSR count). The molecule has 0 radical (unpaired) electrons. The van der Waals surface area contributed by atoms with Crippen molar-refractivity contribution in [2.24, 2.45) is 5.92 Å². The number of carbonyl (C=O) groups is 1. The summed E-state index contributed by atoms with van der Waals surface area (Å²) in [6, 6.07) is 0. The fourth-order valence-electron chi connectivity index (χ4n) is 1.46. The number of hydrogen-bond donors (Lipinski definition) is 1. The molecular formula is C7H10BrF2NO2. The molecule has 76 valence electrons. The highest BCUT2D eigenvalue weighted by Gasteiger charge is 2.41. The van der Waals surface area contributed by atoms with Crippen molar-refractivity contribution >= 4 is 22.0 Å². The maximum atomic E-state index is 12.9. The van der Waals surface area contributed by atoms with E-state index in [1.807, 2.05) is 0 Å². The number of amides is 1. The highest BCUT2D eigenvalue weighted by molar-refractivity contribution is 9.09. The quantitative estimate of drug-likeness (QED) is 0.731. The second-order valence-electron chi connectivity index (χ2n) is 3.24. The van der Waals surface area contributed by atoms with Gasteiger partial charge in [0.25, 0.3) is 5.92 Å². The van der Waals surface area contributed by atoms with Crippen LogP contribution in [0.5, 0.6) is 0 Å². The van der Waals surface area contributed by atoms with Gasteiger partial charge in [-0.05, 0) is 5.92 Å². The van der Waals surface area contributed by atoms with E-state index >= 15 is 0 Å². The van der Waals surface area contributed by atoms with Crippen molar-refractivity contribution in [2.75, 3.05) is 18.4 Å². The minimum atomic E-state index is -2.88. The normalized spacial score (nSPS) is 27.3. The van der Waals surface area contributed by atoms with Crippen LogP contribution in [0.25, 0.3) is 0 Å². The molecule has 1 N–H and O–H groups in total. The second kappa shape index (κ2) is 3.77. The molecule has 0 aromatic heterocycles. The van der Waals surface area contributed by atoms with Gasteiger partial charge < -0.3 is 10.0 Å². The molecule has 1 saturated heterocycles. The molecule has 1 fully saturated rings. The van der Waals surface area contributed by atoms with E-state index in [-0.39, 0.29) is 18.9 Å². The fraction of sp³-hybridized carbons (Fsp3) is 0.857. The van der Waals surface area contributed by atoms with Crippen LogP contribution in [0.15, 0.2) is 0 Å². The Bertz CT molecular complexity index is 213. The number of hydrogen-bond acceptors (Lipinski definition) is 1. The Morgan fingerprint density at radius 1 is 1.69 bits per heavy atom. The first kappa shape index (κ1) is 10.7. The first-order valence-electron chi connectivity index (χ1n) is 3.86. The lowest BCUT2D eigenvalue weighted by atomic mass is 9.97. The predicted octanol–water partition coefficient (Wildman–Crippen LogP) is 2.02. The van der Waals surface area contributed by atoms with E-state index in [1.165, 1.54) is 0 Å². The van der Waals surface area contributed by atoms with Gasteiger partial charge in [0.15, 0.2) is 0 Å². The molecule has 1 aliphatic heterocycles. The van der Waals surface area contributed by atoms with Gasteiger partial charge in [-0.25, -0.2) is 13.6 Å². The van der Waals surface area contributed by atoms with Crippen LogP contribution < -0.4 is 0 Å². The molecular weight excluding hydrogens is 248 g/mol. The average Bonchev–Trinajstić information content (AvgIpc) is 2.01. The molecule has 0 spiro atoms. The SMILES string of the molecule is O=C(O)N1C[C@@H](CBr)CC(F)(F)C1. The highest BCUT2D eigenvalue weighted by Crippen LogP contribution is 2.31. The van der Waals surface area contributed by atoms with E-state index in [2.05, 4.69) is 15.9 Å². The predicted molar refractivity (Wildman–Crippen MR) is 46.4 cm³/mol. The zero-order chi connectivity index (χ0) is 10.1. The zero-order valence-corrected chi connectivity index (χ0v) is 8.43. The van der Waals surface area contributed by atoms with Crippen molar-refractivity contribution in [3.63, 3.8) is 0 Å². The second-order valence-corrected chi connectivity index (χ2v) is 3.89. The Kier molecular flexibility index (Phi) is 3.10. The number of likely N-dealkylation sites (tertiary alicyclic amines) is 1. The lowest BCUT2D eigenvalue weighted by molar-refractivity contribution is -0.0732. The Morgan fingerprint density at radius 2 is 2.31 bits per heavy atom. The minimum absolute atomic E-state index is 0.191. The van der Waals surface area contributed by atoms with Crippen LogP contribution in [0.1, 0.15) is 6.42 Å². The molecule has 0 aliphatic carbocycles. The third kappa shape index (κ3) is 2.79. The molecule has 1 atom stereocenters. The molecule has 0 aromatic rings. The first-order valence-corrected chi connectivity index (χ1v) is 4.98.